The number of likely N-dealkylation sites (tertiary alicyclic amines) is 1. The summed E-state index contributed by atoms with van der Waals surface area (Å²) in [6, 6.07) is 0.468. The number of piperidine rings is 2. The summed E-state index contributed by atoms with van der Waals surface area (Å²) in [6.45, 7) is 4.40. The summed E-state index contributed by atoms with van der Waals surface area (Å²) in [7, 11) is 4.16. The molecule has 0 aromatic carbocycles. The van der Waals surface area contributed by atoms with Crippen LogP contribution in [0.1, 0.15) is 32.1 Å². The summed E-state index contributed by atoms with van der Waals surface area (Å²) in [5, 5.41) is 3.35. The zero-order chi connectivity index (χ0) is 13.0. The van der Waals surface area contributed by atoms with Gasteiger partial charge in [0.05, 0.1) is 0 Å². The first-order chi connectivity index (χ1) is 8.66. The second-order valence-corrected chi connectivity index (χ2v) is 5.94. The van der Waals surface area contributed by atoms with E-state index >= 15 is 0 Å². The quantitative estimate of drug-likeness (QED) is 0.813. The van der Waals surface area contributed by atoms with Crippen molar-refractivity contribution in [3.63, 3.8) is 0 Å². The van der Waals surface area contributed by atoms with Crippen molar-refractivity contribution in [2.45, 2.75) is 38.1 Å². The highest BCUT2D eigenvalue weighted by atomic mass is 16.2. The van der Waals surface area contributed by atoms with Crippen molar-refractivity contribution >= 4 is 5.91 Å². The summed E-state index contributed by atoms with van der Waals surface area (Å²) in [4.78, 5) is 16.7. The first-order valence-electron chi connectivity index (χ1n) is 7.31. The number of hydrogen-bond acceptors (Lipinski definition) is 3. The maximum absolute atomic E-state index is 12.3. The lowest BCUT2D eigenvalue weighted by Gasteiger charge is -2.36. The normalized spacial score (nSPS) is 24.1. The highest BCUT2D eigenvalue weighted by Gasteiger charge is 2.26. The minimum Gasteiger partial charge on any atom is -0.343 e. The van der Waals surface area contributed by atoms with E-state index in [1.165, 1.54) is 0 Å². The van der Waals surface area contributed by atoms with E-state index in [1.54, 1.807) is 0 Å². The van der Waals surface area contributed by atoms with Crippen molar-refractivity contribution in [2.75, 3.05) is 40.3 Å². The number of nitrogens with one attached hydrogen (secondary N) is 1. The summed E-state index contributed by atoms with van der Waals surface area (Å²) >= 11 is 0. The Morgan fingerprint density at radius 2 is 1.83 bits per heavy atom. The predicted octanol–water partition coefficient (Wildman–Crippen LogP) is 0.929. The average Bonchev–Trinajstić information content (AvgIpc) is 2.40. The van der Waals surface area contributed by atoms with Gasteiger partial charge in [0.15, 0.2) is 0 Å². The maximum atomic E-state index is 12.3. The Labute approximate surface area is 111 Å². The van der Waals surface area contributed by atoms with Crippen LogP contribution in [0.3, 0.4) is 0 Å². The number of rotatable bonds is 3. The van der Waals surface area contributed by atoms with Crippen LogP contribution in [0, 0.1) is 5.92 Å². The Hall–Kier alpha value is -0.610. The van der Waals surface area contributed by atoms with Gasteiger partial charge >= 0.3 is 0 Å². The zero-order valence-electron chi connectivity index (χ0n) is 11.8. The number of nitrogens with zero attached hydrogens (tertiary/aromatic N) is 2. The first-order valence-corrected chi connectivity index (χ1v) is 7.31. The molecule has 0 unspecified atom stereocenters. The fraction of sp³-hybridized carbons (Fsp3) is 0.929. The van der Waals surface area contributed by atoms with E-state index in [0.29, 0.717) is 17.9 Å². The van der Waals surface area contributed by atoms with Crippen LogP contribution in [-0.4, -0.2) is 62.0 Å². The Morgan fingerprint density at radius 3 is 2.44 bits per heavy atom. The molecule has 0 radical (unpaired) electrons. The molecule has 0 spiro atoms. The van der Waals surface area contributed by atoms with Gasteiger partial charge in [-0.05, 0) is 64.8 Å². The Bertz CT molecular complexity index is 268. The van der Waals surface area contributed by atoms with E-state index in [-0.39, 0.29) is 0 Å². The molecule has 0 bridgehead atoms. The minimum atomic E-state index is 0.358. The van der Waals surface area contributed by atoms with Crippen molar-refractivity contribution in [1.82, 2.24) is 15.1 Å². The molecule has 104 valence electrons. The molecule has 2 rings (SSSR count). The number of carbonyl (C=O) groups excluding carboxylic acids is 1. The molecular formula is C14H27N3O. The van der Waals surface area contributed by atoms with E-state index in [9.17, 15) is 4.79 Å². The third kappa shape index (κ3) is 3.69. The lowest BCUT2D eigenvalue weighted by molar-refractivity contribution is -0.134. The molecule has 4 nitrogen and oxygen atoms in total. The molecule has 18 heavy (non-hydrogen) atoms. The fourth-order valence-corrected chi connectivity index (χ4v) is 3.06. The molecule has 0 aromatic rings. The smallest absolute Gasteiger partial charge is 0.222 e. The van der Waals surface area contributed by atoms with E-state index in [1.807, 2.05) is 11.9 Å². The molecule has 0 aliphatic carbocycles. The largest absolute Gasteiger partial charge is 0.343 e. The topological polar surface area (TPSA) is 35.6 Å². The number of amides is 1. The lowest BCUT2D eigenvalue weighted by Crippen LogP contribution is -2.45. The van der Waals surface area contributed by atoms with Gasteiger partial charge in [0.2, 0.25) is 5.91 Å². The summed E-state index contributed by atoms with van der Waals surface area (Å²) < 4.78 is 0. The third-order valence-corrected chi connectivity index (χ3v) is 4.55. The van der Waals surface area contributed by atoms with Crippen LogP contribution in [0.4, 0.5) is 0 Å². The van der Waals surface area contributed by atoms with Gasteiger partial charge < -0.3 is 15.1 Å². The van der Waals surface area contributed by atoms with Crippen molar-refractivity contribution in [3.8, 4) is 0 Å². The second kappa shape index (κ2) is 6.53. The Morgan fingerprint density at radius 1 is 1.22 bits per heavy atom. The number of hydrogen-bond donors (Lipinski definition) is 1. The van der Waals surface area contributed by atoms with Gasteiger partial charge in [-0.15, -0.1) is 0 Å². The summed E-state index contributed by atoms with van der Waals surface area (Å²) in [6.07, 6.45) is 5.33. The summed E-state index contributed by atoms with van der Waals surface area (Å²) in [5.74, 6) is 0.962. The van der Waals surface area contributed by atoms with Crippen LogP contribution in [0.25, 0.3) is 0 Å². The monoisotopic (exact) mass is 253 g/mol. The van der Waals surface area contributed by atoms with E-state index in [0.717, 1.165) is 58.3 Å². The van der Waals surface area contributed by atoms with Crippen molar-refractivity contribution < 1.29 is 4.79 Å². The van der Waals surface area contributed by atoms with Crippen LogP contribution >= 0.6 is 0 Å². The molecular weight excluding hydrogens is 226 g/mol. The Kier molecular flexibility index (Phi) is 5.01. The van der Waals surface area contributed by atoms with E-state index < -0.39 is 0 Å². The molecule has 0 aromatic heterocycles. The van der Waals surface area contributed by atoms with E-state index in [4.69, 9.17) is 0 Å². The van der Waals surface area contributed by atoms with Crippen molar-refractivity contribution in [2.24, 2.45) is 5.92 Å². The van der Waals surface area contributed by atoms with Gasteiger partial charge in [-0.25, -0.2) is 0 Å². The average molecular weight is 253 g/mol. The molecule has 0 atom stereocenters. The van der Waals surface area contributed by atoms with Gasteiger partial charge in [-0.2, -0.15) is 0 Å². The van der Waals surface area contributed by atoms with Gasteiger partial charge in [-0.3, -0.25) is 4.79 Å². The first kappa shape index (κ1) is 13.8. The van der Waals surface area contributed by atoms with Crippen molar-refractivity contribution in [3.05, 3.63) is 0 Å². The second-order valence-electron chi connectivity index (χ2n) is 5.94. The molecule has 2 saturated heterocycles. The van der Waals surface area contributed by atoms with Crippen LogP contribution in [0.2, 0.25) is 0 Å². The third-order valence-electron chi connectivity index (χ3n) is 4.55. The molecule has 2 fully saturated rings. The Balaban J connectivity index is 1.77. The molecule has 2 heterocycles. The minimum absolute atomic E-state index is 0.358. The van der Waals surface area contributed by atoms with E-state index in [2.05, 4.69) is 17.3 Å². The molecule has 1 amide bonds. The number of carbonyl (C=O) groups is 1. The molecule has 0 saturated carbocycles. The molecule has 1 N–H and O–H groups in total. The molecule has 2 aliphatic heterocycles. The highest BCUT2D eigenvalue weighted by molar-refractivity contribution is 5.76. The van der Waals surface area contributed by atoms with Gasteiger partial charge in [0, 0.05) is 19.5 Å². The standard InChI is InChI=1S/C14H27N3O/c1-16-9-5-13(6-10-16)17(2)14(18)11-12-3-7-15-8-4-12/h12-13,15H,3-11H2,1-2H3. The van der Waals surface area contributed by atoms with Crippen LogP contribution in [0.5, 0.6) is 0 Å². The van der Waals surface area contributed by atoms with Crippen LogP contribution in [-0.2, 0) is 4.79 Å². The lowest BCUT2D eigenvalue weighted by atomic mass is 9.93. The van der Waals surface area contributed by atoms with Crippen molar-refractivity contribution in [1.29, 1.82) is 0 Å². The SMILES string of the molecule is CN1CCC(N(C)C(=O)CC2CCNCC2)CC1. The highest BCUT2D eigenvalue weighted by Crippen LogP contribution is 2.20. The van der Waals surface area contributed by atoms with Crippen LogP contribution < -0.4 is 5.32 Å². The summed E-state index contributed by atoms with van der Waals surface area (Å²) in [5.41, 5.74) is 0. The van der Waals surface area contributed by atoms with Gasteiger partial charge in [-0.1, -0.05) is 0 Å². The molecule has 4 heteroatoms. The van der Waals surface area contributed by atoms with Gasteiger partial charge in [0.25, 0.3) is 0 Å². The fourth-order valence-electron chi connectivity index (χ4n) is 3.06. The predicted molar refractivity (Wildman–Crippen MR) is 73.5 cm³/mol. The molecule has 2 aliphatic rings. The zero-order valence-corrected chi connectivity index (χ0v) is 11.8. The van der Waals surface area contributed by atoms with Gasteiger partial charge in [0.1, 0.15) is 0 Å². The maximum Gasteiger partial charge on any atom is 0.222 e. The van der Waals surface area contributed by atoms with Crippen LogP contribution in [0.15, 0.2) is 0 Å².